The molecule has 0 aliphatic heterocycles. The third kappa shape index (κ3) is 3.13. The Bertz CT molecular complexity index is 618. The van der Waals surface area contributed by atoms with E-state index in [0.717, 1.165) is 24.3 Å². The highest BCUT2D eigenvalue weighted by Gasteiger charge is 2.12. The Balaban J connectivity index is 2.57. The SMILES string of the molecule is O=C(O)Cc1cc(F)ccc1-c1cc(F)cc(F)c1. The maximum Gasteiger partial charge on any atom is 0.307 e. The van der Waals surface area contributed by atoms with Crippen molar-refractivity contribution in [2.75, 3.05) is 0 Å². The maximum absolute atomic E-state index is 13.2. The van der Waals surface area contributed by atoms with E-state index in [1.165, 1.54) is 6.07 Å². The summed E-state index contributed by atoms with van der Waals surface area (Å²) in [5.74, 6) is -3.30. The lowest BCUT2D eigenvalue weighted by Crippen LogP contribution is -2.02. The molecule has 0 spiro atoms. The van der Waals surface area contributed by atoms with E-state index in [1.807, 2.05) is 0 Å². The molecule has 5 heteroatoms. The van der Waals surface area contributed by atoms with Crippen LogP contribution in [0.4, 0.5) is 13.2 Å². The van der Waals surface area contributed by atoms with Gasteiger partial charge >= 0.3 is 5.97 Å². The second-order valence-corrected chi connectivity index (χ2v) is 4.03. The number of rotatable bonds is 3. The Kier molecular flexibility index (Phi) is 3.55. The average molecular weight is 266 g/mol. The van der Waals surface area contributed by atoms with E-state index in [1.54, 1.807) is 0 Å². The number of benzene rings is 2. The van der Waals surface area contributed by atoms with Gasteiger partial charge in [0, 0.05) is 6.07 Å². The average Bonchev–Trinajstić information content (AvgIpc) is 2.26. The van der Waals surface area contributed by atoms with Gasteiger partial charge in [0.1, 0.15) is 17.5 Å². The molecule has 0 saturated heterocycles. The zero-order chi connectivity index (χ0) is 14.0. The van der Waals surface area contributed by atoms with Gasteiger partial charge in [-0.1, -0.05) is 6.07 Å². The third-order valence-corrected chi connectivity index (χ3v) is 2.58. The van der Waals surface area contributed by atoms with E-state index < -0.39 is 29.8 Å². The predicted octanol–water partition coefficient (Wildman–Crippen LogP) is 3.40. The first-order valence-electron chi connectivity index (χ1n) is 5.42. The normalized spacial score (nSPS) is 10.5. The summed E-state index contributed by atoms with van der Waals surface area (Å²) in [6.07, 6.45) is -0.425. The van der Waals surface area contributed by atoms with Gasteiger partial charge in [0.25, 0.3) is 0 Å². The molecule has 0 bridgehead atoms. The molecule has 19 heavy (non-hydrogen) atoms. The minimum absolute atomic E-state index is 0.164. The Morgan fingerprint density at radius 3 is 2.16 bits per heavy atom. The first-order valence-corrected chi connectivity index (χ1v) is 5.42. The fourth-order valence-electron chi connectivity index (χ4n) is 1.86. The van der Waals surface area contributed by atoms with Gasteiger partial charge in [0.2, 0.25) is 0 Å². The molecular formula is C14H9F3O2. The molecule has 2 aromatic rings. The monoisotopic (exact) mass is 266 g/mol. The van der Waals surface area contributed by atoms with Gasteiger partial charge in [-0.15, -0.1) is 0 Å². The van der Waals surface area contributed by atoms with Crippen molar-refractivity contribution in [3.8, 4) is 11.1 Å². The molecule has 0 saturated carbocycles. The van der Waals surface area contributed by atoms with Crippen molar-refractivity contribution in [3.05, 3.63) is 59.4 Å². The van der Waals surface area contributed by atoms with Gasteiger partial charge in [-0.2, -0.15) is 0 Å². The minimum Gasteiger partial charge on any atom is -0.481 e. The molecule has 0 aromatic heterocycles. The van der Waals surface area contributed by atoms with Gasteiger partial charge in [-0.25, -0.2) is 13.2 Å². The summed E-state index contributed by atoms with van der Waals surface area (Å²) in [6.45, 7) is 0. The Morgan fingerprint density at radius 1 is 0.947 bits per heavy atom. The van der Waals surface area contributed by atoms with Crippen LogP contribution >= 0.6 is 0 Å². The lowest BCUT2D eigenvalue weighted by atomic mass is 9.97. The number of hydrogen-bond donors (Lipinski definition) is 1. The van der Waals surface area contributed by atoms with Crippen LogP contribution < -0.4 is 0 Å². The lowest BCUT2D eigenvalue weighted by Gasteiger charge is -2.09. The zero-order valence-electron chi connectivity index (χ0n) is 9.66. The highest BCUT2D eigenvalue weighted by atomic mass is 19.1. The molecule has 2 rings (SSSR count). The molecule has 0 fully saturated rings. The lowest BCUT2D eigenvalue weighted by molar-refractivity contribution is -0.136. The van der Waals surface area contributed by atoms with Crippen LogP contribution in [0.5, 0.6) is 0 Å². The Morgan fingerprint density at radius 2 is 1.58 bits per heavy atom. The summed E-state index contributed by atoms with van der Waals surface area (Å²) in [5.41, 5.74) is 0.633. The number of halogens is 3. The van der Waals surface area contributed by atoms with E-state index in [2.05, 4.69) is 0 Å². The smallest absolute Gasteiger partial charge is 0.307 e. The molecule has 2 nitrogen and oxygen atoms in total. The van der Waals surface area contributed by atoms with Gasteiger partial charge in [-0.3, -0.25) is 4.79 Å². The molecule has 0 heterocycles. The van der Waals surface area contributed by atoms with Crippen molar-refractivity contribution in [1.29, 1.82) is 0 Å². The van der Waals surface area contributed by atoms with Gasteiger partial charge < -0.3 is 5.11 Å². The number of carbonyl (C=O) groups is 1. The topological polar surface area (TPSA) is 37.3 Å². The summed E-state index contributed by atoms with van der Waals surface area (Å²) in [6, 6.07) is 6.32. The van der Waals surface area contributed by atoms with Crippen LogP contribution in [0.2, 0.25) is 0 Å². The number of aliphatic carboxylic acids is 1. The molecule has 2 aromatic carbocycles. The number of carboxylic acids is 1. The molecular weight excluding hydrogens is 257 g/mol. The maximum atomic E-state index is 13.2. The minimum atomic E-state index is -1.15. The summed E-state index contributed by atoms with van der Waals surface area (Å²) in [5, 5.41) is 8.77. The first kappa shape index (κ1) is 13.1. The van der Waals surface area contributed by atoms with Crippen molar-refractivity contribution in [2.45, 2.75) is 6.42 Å². The molecule has 0 aliphatic rings. The fraction of sp³-hybridized carbons (Fsp3) is 0.0714. The number of carboxylic acid groups (broad SMARTS) is 1. The van der Waals surface area contributed by atoms with Crippen molar-refractivity contribution in [3.63, 3.8) is 0 Å². The zero-order valence-corrected chi connectivity index (χ0v) is 9.66. The van der Waals surface area contributed by atoms with Gasteiger partial charge in [0.15, 0.2) is 0 Å². The highest BCUT2D eigenvalue weighted by Crippen LogP contribution is 2.26. The fourth-order valence-corrected chi connectivity index (χ4v) is 1.86. The van der Waals surface area contributed by atoms with Crippen LogP contribution in [-0.2, 0) is 11.2 Å². The molecule has 1 N–H and O–H groups in total. The Hall–Kier alpha value is -2.30. The summed E-state index contributed by atoms with van der Waals surface area (Å²) < 4.78 is 39.4. The van der Waals surface area contributed by atoms with Crippen LogP contribution in [0.1, 0.15) is 5.56 Å². The van der Waals surface area contributed by atoms with Gasteiger partial charge in [-0.05, 0) is 41.0 Å². The van der Waals surface area contributed by atoms with E-state index in [9.17, 15) is 18.0 Å². The van der Waals surface area contributed by atoms with Crippen molar-refractivity contribution >= 4 is 5.97 Å². The highest BCUT2D eigenvalue weighted by molar-refractivity contribution is 5.76. The standard InChI is InChI=1S/C14H9F3O2/c15-10-1-2-13(9(3-10)6-14(18)19)8-4-11(16)7-12(17)5-8/h1-5,7H,6H2,(H,18,19). The van der Waals surface area contributed by atoms with Crippen molar-refractivity contribution in [2.24, 2.45) is 0 Å². The van der Waals surface area contributed by atoms with E-state index in [-0.39, 0.29) is 11.1 Å². The van der Waals surface area contributed by atoms with Crippen LogP contribution in [0.15, 0.2) is 36.4 Å². The first-order chi connectivity index (χ1) is 8.95. The molecule has 0 radical (unpaired) electrons. The largest absolute Gasteiger partial charge is 0.481 e. The van der Waals surface area contributed by atoms with Crippen molar-refractivity contribution in [1.82, 2.24) is 0 Å². The van der Waals surface area contributed by atoms with E-state index >= 15 is 0 Å². The molecule has 0 amide bonds. The molecule has 0 atom stereocenters. The summed E-state index contributed by atoms with van der Waals surface area (Å²) >= 11 is 0. The van der Waals surface area contributed by atoms with Crippen LogP contribution in [0, 0.1) is 17.5 Å². The second kappa shape index (κ2) is 5.14. The van der Waals surface area contributed by atoms with Gasteiger partial charge in [0.05, 0.1) is 6.42 Å². The van der Waals surface area contributed by atoms with Crippen LogP contribution in [0.3, 0.4) is 0 Å². The third-order valence-electron chi connectivity index (χ3n) is 2.58. The van der Waals surface area contributed by atoms with E-state index in [0.29, 0.717) is 11.6 Å². The van der Waals surface area contributed by atoms with Crippen LogP contribution in [-0.4, -0.2) is 11.1 Å². The van der Waals surface area contributed by atoms with E-state index in [4.69, 9.17) is 5.11 Å². The predicted molar refractivity (Wildman–Crippen MR) is 63.1 cm³/mol. The molecule has 0 aliphatic carbocycles. The quantitative estimate of drug-likeness (QED) is 0.924. The summed E-state index contributed by atoms with van der Waals surface area (Å²) in [7, 11) is 0. The second-order valence-electron chi connectivity index (χ2n) is 4.03. The molecule has 0 unspecified atom stereocenters. The number of hydrogen-bond acceptors (Lipinski definition) is 1. The summed E-state index contributed by atoms with van der Waals surface area (Å²) in [4.78, 5) is 10.7. The van der Waals surface area contributed by atoms with Crippen LogP contribution in [0.25, 0.3) is 11.1 Å². The van der Waals surface area contributed by atoms with Crippen molar-refractivity contribution < 1.29 is 23.1 Å². The molecule has 98 valence electrons. The Labute approximate surface area is 107 Å².